The second kappa shape index (κ2) is 7.38. The maximum absolute atomic E-state index is 13.0. The van der Waals surface area contributed by atoms with E-state index < -0.39 is 12.2 Å². The van der Waals surface area contributed by atoms with Crippen LogP contribution in [-0.2, 0) is 4.79 Å². The number of amides is 1. The van der Waals surface area contributed by atoms with Crippen molar-refractivity contribution in [3.8, 4) is 11.5 Å². The summed E-state index contributed by atoms with van der Waals surface area (Å²) in [5.41, 5.74) is 0.663. The summed E-state index contributed by atoms with van der Waals surface area (Å²) < 4.78 is 11.7. The number of hydrogen-bond acceptors (Lipinski definition) is 6. The first-order valence-electron chi connectivity index (χ1n) is 9.24. The van der Waals surface area contributed by atoms with Gasteiger partial charge in [-0.3, -0.25) is 14.9 Å². The minimum atomic E-state index is -0.701. The number of rotatable bonds is 3. The van der Waals surface area contributed by atoms with Crippen LogP contribution >= 0.6 is 0 Å². The van der Waals surface area contributed by atoms with Crippen molar-refractivity contribution in [3.05, 3.63) is 58.6 Å². The van der Waals surface area contributed by atoms with Crippen LogP contribution in [0.3, 0.4) is 0 Å². The molecule has 1 fully saturated rings. The van der Waals surface area contributed by atoms with Crippen LogP contribution in [0.2, 0.25) is 0 Å². The Morgan fingerprint density at radius 3 is 2.29 bits per heavy atom. The maximum atomic E-state index is 13.0. The predicted molar refractivity (Wildman–Crippen MR) is 103 cm³/mol. The lowest BCUT2D eigenvalue weighted by Crippen LogP contribution is -2.56. The Kier molecular flexibility index (Phi) is 4.77. The summed E-state index contributed by atoms with van der Waals surface area (Å²) >= 11 is 0. The van der Waals surface area contributed by atoms with Gasteiger partial charge in [-0.2, -0.15) is 0 Å². The average molecular weight is 383 g/mol. The highest BCUT2D eigenvalue weighted by atomic mass is 16.6. The van der Waals surface area contributed by atoms with Gasteiger partial charge in [-0.15, -0.1) is 0 Å². The van der Waals surface area contributed by atoms with E-state index in [0.717, 1.165) is 0 Å². The third-order valence-corrected chi connectivity index (χ3v) is 5.10. The zero-order valence-corrected chi connectivity index (χ0v) is 15.5. The smallest absolute Gasteiger partial charge is 0.292 e. The molecule has 0 N–H and O–H groups in total. The molecule has 0 aromatic heterocycles. The largest absolute Gasteiger partial charge is 0.482 e. The summed E-state index contributed by atoms with van der Waals surface area (Å²) in [5, 5.41) is 11.3. The van der Waals surface area contributed by atoms with Gasteiger partial charge < -0.3 is 19.3 Å². The first-order valence-corrected chi connectivity index (χ1v) is 9.24. The molecule has 8 heteroatoms. The lowest BCUT2D eigenvalue weighted by molar-refractivity contribution is -0.384. The van der Waals surface area contributed by atoms with Crippen molar-refractivity contribution < 1.29 is 19.2 Å². The van der Waals surface area contributed by atoms with Crippen LogP contribution in [0.4, 0.5) is 11.4 Å². The van der Waals surface area contributed by atoms with Gasteiger partial charge in [0.1, 0.15) is 11.8 Å². The normalized spacial score (nSPS) is 21.3. The Balaban J connectivity index is 1.43. The van der Waals surface area contributed by atoms with Crippen molar-refractivity contribution in [2.75, 3.05) is 31.1 Å². The summed E-state index contributed by atoms with van der Waals surface area (Å²) in [4.78, 5) is 27.6. The van der Waals surface area contributed by atoms with Crippen LogP contribution in [0.5, 0.6) is 11.5 Å². The second-order valence-electron chi connectivity index (χ2n) is 6.87. The van der Waals surface area contributed by atoms with E-state index in [1.165, 1.54) is 6.07 Å². The fourth-order valence-corrected chi connectivity index (χ4v) is 3.62. The number of carbonyl (C=O) groups is 1. The summed E-state index contributed by atoms with van der Waals surface area (Å²) in [6.07, 6.45) is -1.09. The van der Waals surface area contributed by atoms with E-state index in [9.17, 15) is 14.9 Å². The molecule has 2 aromatic carbocycles. The van der Waals surface area contributed by atoms with Crippen molar-refractivity contribution >= 4 is 17.3 Å². The fraction of sp³-hybridized carbons (Fsp3) is 0.350. The molecule has 1 saturated heterocycles. The molecule has 0 radical (unpaired) electrons. The van der Waals surface area contributed by atoms with Crippen LogP contribution in [0, 0.1) is 10.1 Å². The van der Waals surface area contributed by atoms with E-state index >= 15 is 0 Å². The van der Waals surface area contributed by atoms with Crippen molar-refractivity contribution in [3.63, 3.8) is 0 Å². The second-order valence-corrected chi connectivity index (χ2v) is 6.87. The van der Waals surface area contributed by atoms with Crippen LogP contribution < -0.4 is 14.4 Å². The fourth-order valence-electron chi connectivity index (χ4n) is 3.62. The molecule has 28 heavy (non-hydrogen) atoms. The zero-order chi connectivity index (χ0) is 19.7. The standard InChI is InChI=1S/C20H21N3O5/c1-14-19(28-18-9-5-4-8-17(18)27-14)20(24)22-12-10-21(11-13-22)15-6-2-3-7-16(15)23(25)26/h2-9,14,19H,10-13H2,1H3. The van der Waals surface area contributed by atoms with Gasteiger partial charge >= 0.3 is 0 Å². The number of carbonyl (C=O) groups excluding carboxylic acids is 1. The first-order chi connectivity index (χ1) is 13.5. The highest BCUT2D eigenvalue weighted by molar-refractivity contribution is 5.83. The van der Waals surface area contributed by atoms with Gasteiger partial charge in [0.05, 0.1) is 4.92 Å². The number of nitro benzene ring substituents is 1. The number of nitro groups is 1. The summed E-state index contributed by atoms with van der Waals surface area (Å²) in [6.45, 7) is 3.81. The van der Waals surface area contributed by atoms with Gasteiger partial charge in [0.15, 0.2) is 11.5 Å². The molecule has 146 valence electrons. The van der Waals surface area contributed by atoms with Crippen LogP contribution in [0.25, 0.3) is 0 Å². The maximum Gasteiger partial charge on any atom is 0.292 e. The number of ether oxygens (including phenoxy) is 2. The third kappa shape index (κ3) is 3.33. The van der Waals surface area contributed by atoms with Gasteiger partial charge in [-0.25, -0.2) is 0 Å². The molecule has 2 aliphatic rings. The van der Waals surface area contributed by atoms with Crippen molar-refractivity contribution in [1.82, 2.24) is 4.90 Å². The van der Waals surface area contributed by atoms with E-state index in [1.54, 1.807) is 29.2 Å². The molecule has 0 spiro atoms. The number of anilines is 1. The molecule has 2 atom stereocenters. The number of hydrogen-bond donors (Lipinski definition) is 0. The number of benzene rings is 2. The molecule has 2 heterocycles. The minimum absolute atomic E-state index is 0.0801. The van der Waals surface area contributed by atoms with Gasteiger partial charge in [0, 0.05) is 32.2 Å². The van der Waals surface area contributed by atoms with Crippen molar-refractivity contribution in [2.45, 2.75) is 19.1 Å². The number of piperazine rings is 1. The molecule has 0 saturated carbocycles. The van der Waals surface area contributed by atoms with E-state index in [0.29, 0.717) is 43.4 Å². The van der Waals surface area contributed by atoms with Crippen LogP contribution in [0.1, 0.15) is 6.92 Å². The highest BCUT2D eigenvalue weighted by Crippen LogP contribution is 2.34. The molecule has 2 aromatic rings. The van der Waals surface area contributed by atoms with Gasteiger partial charge in [-0.05, 0) is 25.1 Å². The summed E-state index contributed by atoms with van der Waals surface area (Å²) in [5.74, 6) is 1.09. The molecule has 1 amide bonds. The molecule has 2 aliphatic heterocycles. The van der Waals surface area contributed by atoms with Crippen molar-refractivity contribution in [2.24, 2.45) is 0 Å². The summed E-state index contributed by atoms with van der Waals surface area (Å²) in [6, 6.07) is 14.0. The average Bonchev–Trinajstić information content (AvgIpc) is 2.73. The van der Waals surface area contributed by atoms with Crippen molar-refractivity contribution in [1.29, 1.82) is 0 Å². The predicted octanol–water partition coefficient (Wildman–Crippen LogP) is 2.47. The lowest BCUT2D eigenvalue weighted by Gasteiger charge is -2.39. The molecule has 0 bridgehead atoms. The Bertz CT molecular complexity index is 895. The Labute approximate surface area is 162 Å². The van der Waals surface area contributed by atoms with E-state index in [1.807, 2.05) is 30.0 Å². The highest BCUT2D eigenvalue weighted by Gasteiger charge is 2.38. The number of para-hydroxylation sites is 4. The molecular formula is C20H21N3O5. The topological polar surface area (TPSA) is 85.2 Å². The quantitative estimate of drug-likeness (QED) is 0.598. The Morgan fingerprint density at radius 1 is 1.00 bits per heavy atom. The first kappa shape index (κ1) is 18.1. The van der Waals surface area contributed by atoms with Gasteiger partial charge in [-0.1, -0.05) is 24.3 Å². The number of nitrogens with zero attached hydrogens (tertiary/aromatic N) is 3. The van der Waals surface area contributed by atoms with Crippen LogP contribution in [-0.4, -0.2) is 54.1 Å². The Morgan fingerprint density at radius 2 is 1.61 bits per heavy atom. The van der Waals surface area contributed by atoms with Gasteiger partial charge in [0.25, 0.3) is 11.6 Å². The Hall–Kier alpha value is -3.29. The number of fused-ring (bicyclic) bond motifs is 1. The van der Waals surface area contributed by atoms with E-state index in [2.05, 4.69) is 0 Å². The molecule has 4 rings (SSSR count). The van der Waals surface area contributed by atoms with E-state index in [-0.39, 0.29) is 16.5 Å². The zero-order valence-electron chi connectivity index (χ0n) is 15.5. The lowest BCUT2D eigenvalue weighted by atomic mass is 10.1. The molecule has 0 aliphatic carbocycles. The third-order valence-electron chi connectivity index (χ3n) is 5.10. The van der Waals surface area contributed by atoms with E-state index in [4.69, 9.17) is 9.47 Å². The SMILES string of the molecule is CC1Oc2ccccc2OC1C(=O)N1CCN(c2ccccc2[N+](=O)[O-])CC1. The minimum Gasteiger partial charge on any atom is -0.482 e. The van der Waals surface area contributed by atoms with Gasteiger partial charge in [0.2, 0.25) is 6.10 Å². The molecule has 2 unspecified atom stereocenters. The molecular weight excluding hydrogens is 362 g/mol. The monoisotopic (exact) mass is 383 g/mol. The summed E-state index contributed by atoms with van der Waals surface area (Å²) in [7, 11) is 0. The molecule has 8 nitrogen and oxygen atoms in total. The van der Waals surface area contributed by atoms with Crippen LogP contribution in [0.15, 0.2) is 48.5 Å².